The van der Waals surface area contributed by atoms with Crippen LogP contribution in [0.5, 0.6) is 0 Å². The number of non-ortho nitro benzene ring substituents is 1. The van der Waals surface area contributed by atoms with Crippen LogP contribution in [0.4, 0.5) is 10.8 Å². The molecule has 7 heteroatoms. The number of carbonyl (C=O) groups excluding carboxylic acids is 1. The zero-order chi connectivity index (χ0) is 20.2. The molecule has 1 N–H and O–H groups in total. The zero-order valence-electron chi connectivity index (χ0n) is 15.1. The molecule has 0 atom stereocenters. The minimum Gasteiger partial charge on any atom is -0.298 e. The summed E-state index contributed by atoms with van der Waals surface area (Å²) >= 11 is 1.33. The van der Waals surface area contributed by atoms with Crippen molar-refractivity contribution >= 4 is 28.1 Å². The quantitative estimate of drug-likeness (QED) is 0.346. The van der Waals surface area contributed by atoms with Gasteiger partial charge in [-0.25, -0.2) is 4.98 Å². The molecule has 1 aromatic heterocycles. The van der Waals surface area contributed by atoms with Crippen molar-refractivity contribution in [1.29, 1.82) is 0 Å². The Balaban J connectivity index is 1.73. The van der Waals surface area contributed by atoms with Crippen LogP contribution in [-0.4, -0.2) is 15.8 Å². The van der Waals surface area contributed by atoms with Crippen molar-refractivity contribution in [2.75, 3.05) is 5.32 Å². The number of nitrogens with zero attached hydrogens (tertiary/aromatic N) is 2. The summed E-state index contributed by atoms with van der Waals surface area (Å²) in [4.78, 5) is 28.5. The zero-order valence-corrected chi connectivity index (χ0v) is 15.9. The average Bonchev–Trinajstić information content (AvgIpc) is 3.19. The van der Waals surface area contributed by atoms with Crippen LogP contribution in [0.15, 0.2) is 84.9 Å². The molecule has 0 fully saturated rings. The molecule has 0 spiro atoms. The van der Waals surface area contributed by atoms with Gasteiger partial charge in [-0.2, -0.15) is 0 Å². The number of thiazole rings is 1. The Labute approximate surface area is 170 Å². The van der Waals surface area contributed by atoms with Crippen molar-refractivity contribution in [3.8, 4) is 21.7 Å². The Morgan fingerprint density at radius 2 is 1.48 bits per heavy atom. The van der Waals surface area contributed by atoms with E-state index in [4.69, 9.17) is 0 Å². The van der Waals surface area contributed by atoms with Gasteiger partial charge in [0, 0.05) is 23.3 Å². The van der Waals surface area contributed by atoms with Gasteiger partial charge in [-0.3, -0.25) is 20.2 Å². The van der Waals surface area contributed by atoms with Crippen LogP contribution in [0.25, 0.3) is 21.7 Å². The summed E-state index contributed by atoms with van der Waals surface area (Å²) in [5.41, 5.74) is 2.98. The summed E-state index contributed by atoms with van der Waals surface area (Å²) in [6.07, 6.45) is 0. The molecule has 142 valence electrons. The Hall–Kier alpha value is -3.84. The van der Waals surface area contributed by atoms with Crippen molar-refractivity contribution in [2.45, 2.75) is 0 Å². The summed E-state index contributed by atoms with van der Waals surface area (Å²) < 4.78 is 0. The lowest BCUT2D eigenvalue weighted by Gasteiger charge is -2.02. The van der Waals surface area contributed by atoms with Gasteiger partial charge >= 0.3 is 0 Å². The third kappa shape index (κ3) is 4.04. The summed E-state index contributed by atoms with van der Waals surface area (Å²) in [6.45, 7) is 0. The van der Waals surface area contributed by atoms with E-state index in [0.29, 0.717) is 16.4 Å². The number of hydrogen-bond donors (Lipinski definition) is 1. The third-order valence-electron chi connectivity index (χ3n) is 4.27. The highest BCUT2D eigenvalue weighted by atomic mass is 32.1. The number of anilines is 1. The Bertz CT molecular complexity index is 1160. The maximum atomic E-state index is 12.5. The van der Waals surface area contributed by atoms with E-state index < -0.39 is 4.92 Å². The number of benzene rings is 3. The number of amides is 1. The number of nitro groups is 1. The maximum Gasteiger partial charge on any atom is 0.269 e. The molecule has 0 saturated carbocycles. The van der Waals surface area contributed by atoms with E-state index in [1.54, 1.807) is 36.4 Å². The molecule has 1 amide bonds. The molecule has 0 aliphatic rings. The summed E-state index contributed by atoms with van der Waals surface area (Å²) in [6, 6.07) is 24.9. The Kier molecular flexibility index (Phi) is 5.13. The SMILES string of the molecule is O=C(Nc1nc(-c2ccccc2)c(-c2ccc([N+](=O)[O-])cc2)s1)c1ccccc1. The molecule has 1 heterocycles. The monoisotopic (exact) mass is 401 g/mol. The molecule has 0 unspecified atom stereocenters. The van der Waals surface area contributed by atoms with Gasteiger partial charge in [0.15, 0.2) is 5.13 Å². The van der Waals surface area contributed by atoms with Crippen LogP contribution in [0.1, 0.15) is 10.4 Å². The first-order chi connectivity index (χ1) is 14.1. The molecule has 3 aromatic carbocycles. The molecule has 4 rings (SSSR count). The molecular formula is C22H15N3O3S. The number of aromatic nitrogens is 1. The first-order valence-electron chi connectivity index (χ1n) is 8.79. The molecule has 0 aliphatic heterocycles. The second-order valence-corrected chi connectivity index (χ2v) is 7.19. The molecule has 0 aliphatic carbocycles. The smallest absolute Gasteiger partial charge is 0.269 e. The van der Waals surface area contributed by atoms with Gasteiger partial charge in [-0.05, 0) is 29.8 Å². The van der Waals surface area contributed by atoms with Crippen molar-refractivity contribution in [3.05, 3.63) is 101 Å². The van der Waals surface area contributed by atoms with E-state index in [2.05, 4.69) is 10.3 Å². The van der Waals surface area contributed by atoms with Crippen molar-refractivity contribution in [2.24, 2.45) is 0 Å². The standard InChI is InChI=1S/C22H15N3O3S/c26-21(17-9-5-2-6-10-17)24-22-23-19(15-7-3-1-4-8-15)20(29-22)16-11-13-18(14-12-16)25(27)28/h1-14H,(H,23,24,26). The number of nitro benzene ring substituents is 1. The van der Waals surface area contributed by atoms with Crippen LogP contribution in [0.3, 0.4) is 0 Å². The highest BCUT2D eigenvalue weighted by Crippen LogP contribution is 2.39. The lowest BCUT2D eigenvalue weighted by Crippen LogP contribution is -2.11. The third-order valence-corrected chi connectivity index (χ3v) is 5.29. The van der Waals surface area contributed by atoms with E-state index >= 15 is 0 Å². The second kappa shape index (κ2) is 8.04. The van der Waals surface area contributed by atoms with E-state index in [0.717, 1.165) is 16.0 Å². The summed E-state index contributed by atoms with van der Waals surface area (Å²) in [5.74, 6) is -0.241. The fourth-order valence-corrected chi connectivity index (χ4v) is 3.84. The highest BCUT2D eigenvalue weighted by molar-refractivity contribution is 7.19. The van der Waals surface area contributed by atoms with Gasteiger partial charge in [-0.15, -0.1) is 0 Å². The minimum atomic E-state index is -0.430. The molecule has 0 saturated heterocycles. The largest absolute Gasteiger partial charge is 0.298 e. The van der Waals surface area contributed by atoms with Crippen LogP contribution < -0.4 is 5.32 Å². The van der Waals surface area contributed by atoms with E-state index in [9.17, 15) is 14.9 Å². The topological polar surface area (TPSA) is 85.1 Å². The second-order valence-electron chi connectivity index (χ2n) is 6.19. The number of hydrogen-bond acceptors (Lipinski definition) is 5. The van der Waals surface area contributed by atoms with Crippen molar-refractivity contribution < 1.29 is 9.72 Å². The van der Waals surface area contributed by atoms with Crippen LogP contribution in [0.2, 0.25) is 0 Å². The van der Waals surface area contributed by atoms with E-state index in [1.807, 2.05) is 36.4 Å². The number of nitrogens with one attached hydrogen (secondary N) is 1. The summed E-state index contributed by atoms with van der Waals surface area (Å²) in [7, 11) is 0. The highest BCUT2D eigenvalue weighted by Gasteiger charge is 2.17. The fourth-order valence-electron chi connectivity index (χ4n) is 2.85. The minimum absolute atomic E-state index is 0.0251. The predicted molar refractivity (Wildman–Crippen MR) is 114 cm³/mol. The first kappa shape index (κ1) is 18.5. The van der Waals surface area contributed by atoms with Crippen molar-refractivity contribution in [3.63, 3.8) is 0 Å². The Morgan fingerprint density at radius 1 is 0.862 bits per heavy atom. The predicted octanol–water partition coefficient (Wildman–Crippen LogP) is 5.64. The lowest BCUT2D eigenvalue weighted by atomic mass is 10.1. The van der Waals surface area contributed by atoms with Crippen LogP contribution >= 0.6 is 11.3 Å². The molecule has 0 bridgehead atoms. The first-order valence-corrected chi connectivity index (χ1v) is 9.61. The fraction of sp³-hybridized carbons (Fsp3) is 0. The van der Waals surface area contributed by atoms with Gasteiger partial charge < -0.3 is 0 Å². The molecule has 6 nitrogen and oxygen atoms in total. The van der Waals surface area contributed by atoms with Gasteiger partial charge in [0.1, 0.15) is 0 Å². The maximum absolute atomic E-state index is 12.5. The molecule has 29 heavy (non-hydrogen) atoms. The normalized spacial score (nSPS) is 10.5. The molecular weight excluding hydrogens is 386 g/mol. The van der Waals surface area contributed by atoms with E-state index in [-0.39, 0.29) is 11.6 Å². The van der Waals surface area contributed by atoms with Crippen LogP contribution in [-0.2, 0) is 0 Å². The summed E-state index contributed by atoms with van der Waals surface area (Å²) in [5, 5.41) is 14.3. The molecule has 4 aromatic rings. The van der Waals surface area contributed by atoms with Gasteiger partial charge in [0.2, 0.25) is 0 Å². The van der Waals surface area contributed by atoms with E-state index in [1.165, 1.54) is 23.5 Å². The van der Waals surface area contributed by atoms with Crippen molar-refractivity contribution in [1.82, 2.24) is 4.98 Å². The average molecular weight is 401 g/mol. The lowest BCUT2D eigenvalue weighted by molar-refractivity contribution is -0.384. The Morgan fingerprint density at radius 3 is 2.10 bits per heavy atom. The van der Waals surface area contributed by atoms with Gasteiger partial charge in [0.05, 0.1) is 15.5 Å². The number of rotatable bonds is 5. The van der Waals surface area contributed by atoms with Crippen LogP contribution in [0, 0.1) is 10.1 Å². The van der Waals surface area contributed by atoms with Gasteiger partial charge in [0.25, 0.3) is 11.6 Å². The van der Waals surface area contributed by atoms with Gasteiger partial charge in [-0.1, -0.05) is 59.9 Å². The molecule has 0 radical (unpaired) electrons. The number of carbonyl (C=O) groups is 1.